The zero-order chi connectivity index (χ0) is 31.2. The van der Waals surface area contributed by atoms with Crippen LogP contribution in [0.4, 0.5) is 4.79 Å². The van der Waals surface area contributed by atoms with Gasteiger partial charge in [0.25, 0.3) is 0 Å². The van der Waals surface area contributed by atoms with E-state index in [1.165, 1.54) is 4.90 Å². The number of carbonyl (C=O) groups is 3. The van der Waals surface area contributed by atoms with Crippen LogP contribution in [0, 0.1) is 35.0 Å². The van der Waals surface area contributed by atoms with Crippen molar-refractivity contribution in [3.8, 4) is 23.5 Å². The van der Waals surface area contributed by atoms with E-state index in [9.17, 15) is 19.5 Å². The zero-order valence-corrected chi connectivity index (χ0v) is 25.7. The summed E-state index contributed by atoms with van der Waals surface area (Å²) in [7, 11) is 1.58. The molecule has 3 heterocycles. The molecular formula is C33H40N4O7. The molecule has 11 heteroatoms. The number of alkyl carbamates (subject to hydrolysis) is 1. The van der Waals surface area contributed by atoms with Gasteiger partial charge < -0.3 is 29.5 Å². The predicted molar refractivity (Wildman–Crippen MR) is 160 cm³/mol. The van der Waals surface area contributed by atoms with Crippen molar-refractivity contribution in [2.45, 2.75) is 90.0 Å². The minimum absolute atomic E-state index is 0.0295. The largest absolute Gasteiger partial charge is 0.497 e. The van der Waals surface area contributed by atoms with Crippen LogP contribution < -0.4 is 14.8 Å². The highest BCUT2D eigenvalue weighted by Gasteiger charge is 2.49. The number of methoxy groups -OCH3 is 1. The van der Waals surface area contributed by atoms with Gasteiger partial charge in [-0.1, -0.05) is 45.5 Å². The number of ether oxygens (including phenoxy) is 3. The Morgan fingerprint density at radius 1 is 1.09 bits per heavy atom. The van der Waals surface area contributed by atoms with Crippen LogP contribution in [-0.2, 0) is 20.7 Å². The van der Waals surface area contributed by atoms with Gasteiger partial charge in [-0.05, 0) is 43.2 Å². The van der Waals surface area contributed by atoms with Gasteiger partial charge >= 0.3 is 12.1 Å². The fourth-order valence-electron chi connectivity index (χ4n) is 6.98. The number of fused-ring (bicyclic) bond motifs is 7. The third-order valence-corrected chi connectivity index (χ3v) is 9.39. The maximum Gasteiger partial charge on any atom is 0.408 e. The summed E-state index contributed by atoms with van der Waals surface area (Å²) in [5.41, 5.74) is 1.30. The first kappa shape index (κ1) is 30.0. The summed E-state index contributed by atoms with van der Waals surface area (Å²) >= 11 is 0. The maximum atomic E-state index is 14.0. The van der Waals surface area contributed by atoms with Gasteiger partial charge in [-0.25, -0.2) is 19.6 Å². The van der Waals surface area contributed by atoms with Gasteiger partial charge in [-0.2, -0.15) is 0 Å². The lowest BCUT2D eigenvalue weighted by atomic mass is 9.81. The maximum absolute atomic E-state index is 14.0. The van der Waals surface area contributed by atoms with Crippen LogP contribution in [0.15, 0.2) is 18.2 Å². The zero-order valence-electron chi connectivity index (χ0n) is 25.7. The molecule has 1 saturated heterocycles. The highest BCUT2D eigenvalue weighted by Crippen LogP contribution is 2.45. The Balaban J connectivity index is 1.34. The Morgan fingerprint density at radius 2 is 1.91 bits per heavy atom. The molecule has 2 bridgehead atoms. The van der Waals surface area contributed by atoms with E-state index in [0.717, 1.165) is 25.7 Å². The van der Waals surface area contributed by atoms with Crippen molar-refractivity contribution >= 4 is 29.0 Å². The third-order valence-electron chi connectivity index (χ3n) is 9.39. The lowest BCUT2D eigenvalue weighted by molar-refractivity contribution is -0.150. The van der Waals surface area contributed by atoms with Gasteiger partial charge in [0.1, 0.15) is 35.7 Å². The van der Waals surface area contributed by atoms with E-state index >= 15 is 0 Å². The van der Waals surface area contributed by atoms with Gasteiger partial charge in [0.15, 0.2) is 0 Å². The van der Waals surface area contributed by atoms with E-state index in [-0.39, 0.29) is 36.8 Å². The van der Waals surface area contributed by atoms with Crippen molar-refractivity contribution in [2.24, 2.45) is 23.2 Å². The van der Waals surface area contributed by atoms with Crippen molar-refractivity contribution in [1.82, 2.24) is 20.2 Å². The number of aryl methyl sites for hydroxylation is 1. The summed E-state index contributed by atoms with van der Waals surface area (Å²) in [6.07, 6.45) is 3.44. The molecular weight excluding hydrogens is 564 g/mol. The number of aromatic nitrogens is 2. The van der Waals surface area contributed by atoms with Gasteiger partial charge in [-0.3, -0.25) is 4.79 Å². The molecule has 7 unspecified atom stereocenters. The number of rotatable bonds is 2. The van der Waals surface area contributed by atoms with Crippen LogP contribution >= 0.6 is 0 Å². The molecule has 1 aromatic carbocycles. The molecule has 2 fully saturated rings. The highest BCUT2D eigenvalue weighted by molar-refractivity contribution is 5.90. The highest BCUT2D eigenvalue weighted by atomic mass is 16.6. The number of carboxylic acids is 1. The third kappa shape index (κ3) is 5.86. The number of nitrogens with zero attached hydrogens (tertiary/aromatic N) is 3. The minimum Gasteiger partial charge on any atom is -0.497 e. The summed E-state index contributed by atoms with van der Waals surface area (Å²) in [6.45, 7) is 5.53. The van der Waals surface area contributed by atoms with Crippen LogP contribution in [0.1, 0.15) is 65.0 Å². The molecule has 0 spiro atoms. The monoisotopic (exact) mass is 604 g/mol. The standard InChI is InChI=1S/C33H40N4O7/c1-33(2,3)28-30(38)37-17-20(16-26(37)31(39)40)43-29-24(34-23-13-11-19(42-4)15-25(23)35-29)9-7-5-6-8-22-21-12-10-18(21)14-27(22)44-32(41)36-28/h11,13,15,18,20-22,26-28H,5-9,14,16-17H2,1-4H3,(H,36,41)(H,39,40). The molecule has 2 N–H and O–H groups in total. The molecule has 4 aliphatic rings. The molecule has 2 aliphatic heterocycles. The quantitative estimate of drug-likeness (QED) is 0.488. The number of hydrogen-bond donors (Lipinski definition) is 2. The molecule has 1 saturated carbocycles. The van der Waals surface area contributed by atoms with Gasteiger partial charge in [0.05, 0.1) is 24.7 Å². The molecule has 234 valence electrons. The second-order valence-electron chi connectivity index (χ2n) is 13.5. The molecule has 44 heavy (non-hydrogen) atoms. The fourth-order valence-corrected chi connectivity index (χ4v) is 6.98. The molecule has 2 aromatic rings. The predicted octanol–water partition coefficient (Wildman–Crippen LogP) is 3.97. The lowest BCUT2D eigenvalue weighted by Gasteiger charge is -2.35. The van der Waals surface area contributed by atoms with Crippen LogP contribution in [0.5, 0.6) is 11.6 Å². The van der Waals surface area contributed by atoms with Crippen molar-refractivity contribution in [3.05, 3.63) is 23.9 Å². The number of carboxylic acid groups (broad SMARTS) is 1. The van der Waals surface area contributed by atoms with Gasteiger partial charge in [0.2, 0.25) is 11.8 Å². The smallest absolute Gasteiger partial charge is 0.408 e. The van der Waals surface area contributed by atoms with Crippen molar-refractivity contribution in [3.63, 3.8) is 0 Å². The van der Waals surface area contributed by atoms with E-state index in [0.29, 0.717) is 41.2 Å². The number of benzene rings is 1. The Morgan fingerprint density at radius 3 is 2.61 bits per heavy atom. The summed E-state index contributed by atoms with van der Waals surface area (Å²) in [6, 6.07) is 3.35. The summed E-state index contributed by atoms with van der Waals surface area (Å²) in [5.74, 6) is 6.44. The number of amides is 2. The first-order chi connectivity index (χ1) is 21.0. The topological polar surface area (TPSA) is 140 Å². The Labute approximate surface area is 257 Å². The first-order valence-corrected chi connectivity index (χ1v) is 15.5. The van der Waals surface area contributed by atoms with Gasteiger partial charge in [0, 0.05) is 30.2 Å². The second-order valence-corrected chi connectivity index (χ2v) is 13.5. The van der Waals surface area contributed by atoms with E-state index in [1.54, 1.807) is 13.2 Å². The number of carbonyl (C=O) groups excluding carboxylic acids is 2. The summed E-state index contributed by atoms with van der Waals surface area (Å²) < 4.78 is 17.7. The van der Waals surface area contributed by atoms with Gasteiger partial charge in [-0.15, -0.1) is 0 Å². The Bertz CT molecular complexity index is 1530. The lowest BCUT2D eigenvalue weighted by Crippen LogP contribution is -2.57. The second kappa shape index (κ2) is 11.8. The number of nitrogens with one attached hydrogen (secondary N) is 1. The molecule has 7 atom stereocenters. The average Bonchev–Trinajstić information content (AvgIpc) is 3.48. The molecule has 11 nitrogen and oxygen atoms in total. The SMILES string of the molecule is COc1ccc2nc3c(nc2c1)OC1CC(C(=O)O)N(C1)C(=O)C(C(C)(C)C)NC(=O)OC1CC2C#CC2C1CCCCC3. The van der Waals surface area contributed by atoms with E-state index in [2.05, 4.69) is 17.2 Å². The van der Waals surface area contributed by atoms with E-state index in [4.69, 9.17) is 24.2 Å². The van der Waals surface area contributed by atoms with Crippen LogP contribution in [0.2, 0.25) is 0 Å². The van der Waals surface area contributed by atoms with Crippen molar-refractivity contribution in [1.29, 1.82) is 0 Å². The van der Waals surface area contributed by atoms with Crippen LogP contribution in [0.3, 0.4) is 0 Å². The molecule has 0 radical (unpaired) electrons. The van der Waals surface area contributed by atoms with Crippen LogP contribution in [0.25, 0.3) is 11.0 Å². The first-order valence-electron chi connectivity index (χ1n) is 15.5. The molecule has 6 rings (SSSR count). The molecule has 2 amide bonds. The van der Waals surface area contributed by atoms with E-state index < -0.39 is 41.6 Å². The normalized spacial score (nSPS) is 30.5. The van der Waals surface area contributed by atoms with Crippen LogP contribution in [-0.4, -0.2) is 75.9 Å². The summed E-state index contributed by atoms with van der Waals surface area (Å²) in [4.78, 5) is 50.6. The van der Waals surface area contributed by atoms with Crippen molar-refractivity contribution in [2.75, 3.05) is 13.7 Å². The van der Waals surface area contributed by atoms with Crippen molar-refractivity contribution < 1.29 is 33.7 Å². The number of aliphatic carboxylic acids is 1. The number of hydrogen-bond acceptors (Lipinski definition) is 8. The Hall–Kier alpha value is -4.07. The molecule has 2 aliphatic carbocycles. The Kier molecular flexibility index (Phi) is 8.03. The fraction of sp³-hybridized carbons (Fsp3) is 0.606. The van der Waals surface area contributed by atoms with E-state index in [1.807, 2.05) is 32.9 Å². The molecule has 1 aromatic heterocycles. The average molecular weight is 605 g/mol. The summed E-state index contributed by atoms with van der Waals surface area (Å²) in [5, 5.41) is 12.9. The minimum atomic E-state index is -1.13.